The van der Waals surface area contributed by atoms with Gasteiger partial charge in [-0.3, -0.25) is 9.69 Å². The first-order valence-corrected chi connectivity index (χ1v) is 9.45. The Labute approximate surface area is 161 Å². The molecule has 0 saturated carbocycles. The van der Waals surface area contributed by atoms with Crippen molar-refractivity contribution in [3.05, 3.63) is 65.2 Å². The zero-order chi connectivity index (χ0) is 19.1. The Morgan fingerprint density at radius 1 is 1.04 bits per heavy atom. The molecule has 3 rings (SSSR count). The van der Waals surface area contributed by atoms with Crippen LogP contribution in [-0.4, -0.2) is 50.3 Å². The maximum absolute atomic E-state index is 12.5. The Balaban J connectivity index is 1.61. The van der Waals surface area contributed by atoms with Gasteiger partial charge in [-0.15, -0.1) is 0 Å². The highest BCUT2D eigenvalue weighted by atomic mass is 16.5. The Morgan fingerprint density at radius 2 is 1.63 bits per heavy atom. The van der Waals surface area contributed by atoms with E-state index in [2.05, 4.69) is 41.4 Å². The number of hydrogen-bond acceptors (Lipinski definition) is 4. The van der Waals surface area contributed by atoms with Crippen LogP contribution in [0.15, 0.2) is 48.5 Å². The molecule has 1 fully saturated rings. The van der Waals surface area contributed by atoms with Crippen LogP contribution in [0.2, 0.25) is 0 Å². The Bertz CT molecular complexity index is 722. The van der Waals surface area contributed by atoms with Crippen molar-refractivity contribution < 1.29 is 14.3 Å². The number of amides is 1. The molecule has 1 amide bonds. The van der Waals surface area contributed by atoms with E-state index in [1.54, 1.807) is 0 Å². The van der Waals surface area contributed by atoms with Crippen LogP contribution in [0.3, 0.4) is 0 Å². The van der Waals surface area contributed by atoms with Crippen LogP contribution in [0, 0.1) is 13.8 Å². The Hall–Kier alpha value is -2.37. The van der Waals surface area contributed by atoms with Crippen molar-refractivity contribution in [3.8, 4) is 5.75 Å². The number of rotatable bonds is 7. The molecule has 0 spiro atoms. The van der Waals surface area contributed by atoms with E-state index in [9.17, 15) is 4.79 Å². The molecule has 5 heteroatoms. The summed E-state index contributed by atoms with van der Waals surface area (Å²) in [5, 5.41) is 3.14. The second-order valence-electron chi connectivity index (χ2n) is 7.05. The zero-order valence-electron chi connectivity index (χ0n) is 16.1. The van der Waals surface area contributed by atoms with Crippen LogP contribution >= 0.6 is 0 Å². The number of carbonyl (C=O) groups is 1. The highest BCUT2D eigenvalue weighted by Crippen LogP contribution is 2.17. The minimum Gasteiger partial charge on any atom is -0.484 e. The minimum atomic E-state index is -0.116. The Kier molecular flexibility index (Phi) is 6.85. The zero-order valence-corrected chi connectivity index (χ0v) is 16.1. The summed E-state index contributed by atoms with van der Waals surface area (Å²) in [5.74, 6) is 0.588. The SMILES string of the molecule is Cc1ccc(OCC(=O)NC(CN2CCOCC2)c2ccc(C)cc2)cc1. The van der Waals surface area contributed by atoms with E-state index in [1.807, 2.05) is 31.2 Å². The number of benzene rings is 2. The van der Waals surface area contributed by atoms with Gasteiger partial charge in [-0.2, -0.15) is 0 Å². The molecular formula is C22H28N2O3. The molecule has 0 aromatic heterocycles. The van der Waals surface area contributed by atoms with E-state index >= 15 is 0 Å². The van der Waals surface area contributed by atoms with Crippen LogP contribution in [0.1, 0.15) is 22.7 Å². The highest BCUT2D eigenvalue weighted by Gasteiger charge is 2.20. The fraction of sp³-hybridized carbons (Fsp3) is 0.409. The van der Waals surface area contributed by atoms with Crippen LogP contribution < -0.4 is 10.1 Å². The first-order chi connectivity index (χ1) is 13.1. The van der Waals surface area contributed by atoms with Gasteiger partial charge in [-0.05, 0) is 31.5 Å². The van der Waals surface area contributed by atoms with Crippen molar-refractivity contribution in [2.75, 3.05) is 39.5 Å². The van der Waals surface area contributed by atoms with Gasteiger partial charge in [0.05, 0.1) is 19.3 Å². The van der Waals surface area contributed by atoms with Gasteiger partial charge in [0.15, 0.2) is 6.61 Å². The third-order valence-corrected chi connectivity index (χ3v) is 4.75. The predicted octanol–water partition coefficient (Wildman–Crippen LogP) is 2.87. The number of carbonyl (C=O) groups excluding carboxylic acids is 1. The lowest BCUT2D eigenvalue weighted by Gasteiger charge is -2.31. The summed E-state index contributed by atoms with van der Waals surface area (Å²) in [4.78, 5) is 14.8. The first kappa shape index (κ1) is 19.4. The van der Waals surface area contributed by atoms with Gasteiger partial charge in [-0.25, -0.2) is 0 Å². The standard InChI is InChI=1S/C22H28N2O3/c1-17-3-7-19(8-4-17)21(15-24-11-13-26-14-12-24)23-22(25)16-27-20-9-5-18(2)6-10-20/h3-10,21H,11-16H2,1-2H3,(H,23,25). The van der Waals surface area contributed by atoms with Gasteiger partial charge in [0, 0.05) is 19.6 Å². The lowest BCUT2D eigenvalue weighted by atomic mass is 10.0. The van der Waals surface area contributed by atoms with Crippen molar-refractivity contribution >= 4 is 5.91 Å². The summed E-state index contributed by atoms with van der Waals surface area (Å²) in [6.45, 7) is 8.12. The van der Waals surface area contributed by atoms with Gasteiger partial charge in [-0.1, -0.05) is 47.5 Å². The summed E-state index contributed by atoms with van der Waals surface area (Å²) >= 11 is 0. The van der Waals surface area contributed by atoms with Gasteiger partial charge in [0.2, 0.25) is 0 Å². The number of hydrogen-bond donors (Lipinski definition) is 1. The minimum absolute atomic E-state index is 0.00847. The van der Waals surface area contributed by atoms with Crippen molar-refractivity contribution in [1.29, 1.82) is 0 Å². The van der Waals surface area contributed by atoms with Gasteiger partial charge >= 0.3 is 0 Å². The van der Waals surface area contributed by atoms with Crippen molar-refractivity contribution in [3.63, 3.8) is 0 Å². The molecule has 0 aliphatic carbocycles. The number of nitrogens with zero attached hydrogens (tertiary/aromatic N) is 1. The molecule has 5 nitrogen and oxygen atoms in total. The molecule has 1 aliphatic rings. The van der Waals surface area contributed by atoms with E-state index in [-0.39, 0.29) is 18.6 Å². The molecule has 0 radical (unpaired) electrons. The third kappa shape index (κ3) is 6.08. The van der Waals surface area contributed by atoms with E-state index < -0.39 is 0 Å². The van der Waals surface area contributed by atoms with E-state index in [1.165, 1.54) is 5.56 Å². The summed E-state index contributed by atoms with van der Waals surface area (Å²) in [6, 6.07) is 16.0. The largest absolute Gasteiger partial charge is 0.484 e. The molecule has 1 atom stereocenters. The van der Waals surface area contributed by atoms with Crippen LogP contribution in [-0.2, 0) is 9.53 Å². The third-order valence-electron chi connectivity index (χ3n) is 4.75. The van der Waals surface area contributed by atoms with Gasteiger partial charge < -0.3 is 14.8 Å². The second kappa shape index (κ2) is 9.53. The van der Waals surface area contributed by atoms with Crippen molar-refractivity contribution in [2.24, 2.45) is 0 Å². The summed E-state index contributed by atoms with van der Waals surface area (Å²) < 4.78 is 11.1. The molecular weight excluding hydrogens is 340 g/mol. The number of ether oxygens (including phenoxy) is 2. The molecule has 2 aromatic rings. The van der Waals surface area contributed by atoms with Crippen molar-refractivity contribution in [2.45, 2.75) is 19.9 Å². The topological polar surface area (TPSA) is 50.8 Å². The maximum atomic E-state index is 12.5. The highest BCUT2D eigenvalue weighted by molar-refractivity contribution is 5.78. The fourth-order valence-electron chi connectivity index (χ4n) is 3.09. The molecule has 0 bridgehead atoms. The average molecular weight is 368 g/mol. The van der Waals surface area contributed by atoms with Crippen molar-refractivity contribution in [1.82, 2.24) is 10.2 Å². The second-order valence-corrected chi connectivity index (χ2v) is 7.05. The average Bonchev–Trinajstić information content (AvgIpc) is 2.68. The molecule has 27 heavy (non-hydrogen) atoms. The molecule has 144 valence electrons. The van der Waals surface area contributed by atoms with Gasteiger partial charge in [0.25, 0.3) is 5.91 Å². The quantitative estimate of drug-likeness (QED) is 0.817. The molecule has 1 aliphatic heterocycles. The van der Waals surface area contributed by atoms with Crippen LogP contribution in [0.4, 0.5) is 0 Å². The van der Waals surface area contributed by atoms with Gasteiger partial charge in [0.1, 0.15) is 5.75 Å². The molecule has 1 unspecified atom stereocenters. The lowest BCUT2D eigenvalue weighted by Crippen LogP contribution is -2.44. The van der Waals surface area contributed by atoms with Crippen LogP contribution in [0.5, 0.6) is 5.75 Å². The summed E-state index contributed by atoms with van der Waals surface area (Å²) in [7, 11) is 0. The Morgan fingerprint density at radius 3 is 2.26 bits per heavy atom. The summed E-state index contributed by atoms with van der Waals surface area (Å²) in [5.41, 5.74) is 3.48. The first-order valence-electron chi connectivity index (χ1n) is 9.45. The number of nitrogens with one attached hydrogen (secondary N) is 1. The van der Waals surface area contributed by atoms with E-state index in [4.69, 9.17) is 9.47 Å². The molecule has 1 saturated heterocycles. The number of morpholine rings is 1. The summed E-state index contributed by atoms with van der Waals surface area (Å²) in [6.07, 6.45) is 0. The molecule has 2 aromatic carbocycles. The molecule has 1 heterocycles. The maximum Gasteiger partial charge on any atom is 0.258 e. The number of aryl methyl sites for hydroxylation is 2. The lowest BCUT2D eigenvalue weighted by molar-refractivity contribution is -0.124. The normalized spacial score (nSPS) is 15.9. The smallest absolute Gasteiger partial charge is 0.258 e. The monoisotopic (exact) mass is 368 g/mol. The van der Waals surface area contributed by atoms with E-state index in [0.29, 0.717) is 5.75 Å². The fourth-order valence-corrected chi connectivity index (χ4v) is 3.09. The van der Waals surface area contributed by atoms with Crippen LogP contribution in [0.25, 0.3) is 0 Å². The molecule has 1 N–H and O–H groups in total. The van der Waals surface area contributed by atoms with E-state index in [0.717, 1.165) is 44.0 Å². The predicted molar refractivity (Wildman–Crippen MR) is 106 cm³/mol.